The molecule has 3 rings (SSSR count). The second-order valence-electron chi connectivity index (χ2n) is 5.77. The SMILES string of the molecule is Cc1ccc(C#N)cc1NC(=O)C1C2CCCCC21. The fraction of sp³-hybridized carbons (Fsp3) is 0.500. The molecule has 0 heterocycles. The average Bonchev–Trinajstić information content (AvgIpc) is 3.15. The van der Waals surface area contributed by atoms with E-state index in [1.54, 1.807) is 12.1 Å². The first kappa shape index (κ1) is 12.2. The van der Waals surface area contributed by atoms with Crippen LogP contribution in [0.5, 0.6) is 0 Å². The first-order valence-electron chi connectivity index (χ1n) is 7.02. The molecule has 0 radical (unpaired) electrons. The third-order valence-electron chi connectivity index (χ3n) is 4.58. The lowest BCUT2D eigenvalue weighted by molar-refractivity contribution is -0.117. The molecule has 2 aliphatic carbocycles. The van der Waals surface area contributed by atoms with Crippen molar-refractivity contribution >= 4 is 11.6 Å². The number of carbonyl (C=O) groups is 1. The lowest BCUT2D eigenvalue weighted by Crippen LogP contribution is -2.16. The molecular formula is C16H18N2O. The van der Waals surface area contributed by atoms with E-state index in [-0.39, 0.29) is 11.8 Å². The molecule has 1 aromatic carbocycles. The predicted molar refractivity (Wildman–Crippen MR) is 73.5 cm³/mol. The smallest absolute Gasteiger partial charge is 0.228 e. The number of hydrogen-bond donors (Lipinski definition) is 1. The summed E-state index contributed by atoms with van der Waals surface area (Å²) >= 11 is 0. The van der Waals surface area contributed by atoms with Gasteiger partial charge in [0, 0.05) is 11.6 Å². The van der Waals surface area contributed by atoms with Crippen molar-refractivity contribution in [2.24, 2.45) is 17.8 Å². The van der Waals surface area contributed by atoms with Gasteiger partial charge in [-0.1, -0.05) is 18.9 Å². The number of fused-ring (bicyclic) bond motifs is 1. The molecule has 0 saturated heterocycles. The number of hydrogen-bond acceptors (Lipinski definition) is 2. The quantitative estimate of drug-likeness (QED) is 0.880. The van der Waals surface area contributed by atoms with Gasteiger partial charge in [0.15, 0.2) is 0 Å². The van der Waals surface area contributed by atoms with Crippen molar-refractivity contribution in [3.05, 3.63) is 29.3 Å². The Kier molecular flexibility index (Phi) is 3.02. The molecule has 0 aromatic heterocycles. The Balaban J connectivity index is 1.72. The lowest BCUT2D eigenvalue weighted by atomic mass is 10.0. The van der Waals surface area contributed by atoms with E-state index in [2.05, 4.69) is 11.4 Å². The van der Waals surface area contributed by atoms with Crippen molar-refractivity contribution in [3.63, 3.8) is 0 Å². The molecule has 3 nitrogen and oxygen atoms in total. The van der Waals surface area contributed by atoms with E-state index in [0.29, 0.717) is 17.4 Å². The normalized spacial score (nSPS) is 28.1. The highest BCUT2D eigenvalue weighted by Crippen LogP contribution is 2.55. The molecule has 1 amide bonds. The topological polar surface area (TPSA) is 52.9 Å². The van der Waals surface area contributed by atoms with Crippen LogP contribution in [0.25, 0.3) is 0 Å². The van der Waals surface area contributed by atoms with Crippen LogP contribution in [0.4, 0.5) is 5.69 Å². The number of anilines is 1. The van der Waals surface area contributed by atoms with Crippen molar-refractivity contribution in [1.29, 1.82) is 5.26 Å². The summed E-state index contributed by atoms with van der Waals surface area (Å²) in [4.78, 5) is 12.3. The van der Waals surface area contributed by atoms with Crippen molar-refractivity contribution in [3.8, 4) is 6.07 Å². The number of benzene rings is 1. The summed E-state index contributed by atoms with van der Waals surface area (Å²) in [6, 6.07) is 7.54. The van der Waals surface area contributed by atoms with Gasteiger partial charge in [-0.05, 0) is 49.3 Å². The molecule has 2 atom stereocenters. The Morgan fingerprint density at radius 1 is 1.32 bits per heavy atom. The molecule has 19 heavy (non-hydrogen) atoms. The number of aryl methyl sites for hydroxylation is 1. The van der Waals surface area contributed by atoms with Gasteiger partial charge in [-0.2, -0.15) is 5.26 Å². The molecule has 2 aliphatic rings. The van der Waals surface area contributed by atoms with Gasteiger partial charge in [0.1, 0.15) is 0 Å². The Morgan fingerprint density at radius 3 is 2.63 bits per heavy atom. The maximum Gasteiger partial charge on any atom is 0.228 e. The molecule has 0 spiro atoms. The molecule has 0 bridgehead atoms. The zero-order valence-electron chi connectivity index (χ0n) is 11.1. The molecule has 1 aromatic rings. The zero-order valence-corrected chi connectivity index (χ0v) is 11.1. The van der Waals surface area contributed by atoms with Gasteiger partial charge < -0.3 is 5.32 Å². The third kappa shape index (κ3) is 2.23. The van der Waals surface area contributed by atoms with Gasteiger partial charge in [-0.25, -0.2) is 0 Å². The van der Waals surface area contributed by atoms with E-state index < -0.39 is 0 Å². The van der Waals surface area contributed by atoms with E-state index in [1.165, 1.54) is 25.7 Å². The Hall–Kier alpha value is -1.82. The van der Waals surface area contributed by atoms with Gasteiger partial charge in [-0.3, -0.25) is 4.79 Å². The van der Waals surface area contributed by atoms with Crippen molar-refractivity contribution in [1.82, 2.24) is 0 Å². The molecule has 0 aliphatic heterocycles. The van der Waals surface area contributed by atoms with Crippen LogP contribution in [0.1, 0.15) is 36.8 Å². The van der Waals surface area contributed by atoms with Crippen LogP contribution in [0.15, 0.2) is 18.2 Å². The second kappa shape index (κ2) is 4.70. The first-order chi connectivity index (χ1) is 9.20. The fourth-order valence-corrected chi connectivity index (χ4v) is 3.42. The minimum atomic E-state index is 0.148. The summed E-state index contributed by atoms with van der Waals surface area (Å²) in [5.74, 6) is 1.60. The standard InChI is InChI=1S/C16H18N2O/c1-10-6-7-11(9-17)8-14(10)18-16(19)15-12-4-2-3-5-13(12)15/h6-8,12-13,15H,2-5H2,1H3,(H,18,19). The number of carbonyl (C=O) groups excluding carboxylic acids is 1. The molecule has 2 saturated carbocycles. The van der Waals surface area contributed by atoms with Crippen molar-refractivity contribution < 1.29 is 4.79 Å². The second-order valence-corrected chi connectivity index (χ2v) is 5.77. The zero-order chi connectivity index (χ0) is 13.4. The van der Waals surface area contributed by atoms with Crippen LogP contribution >= 0.6 is 0 Å². The van der Waals surface area contributed by atoms with E-state index in [9.17, 15) is 4.79 Å². The summed E-state index contributed by atoms with van der Waals surface area (Å²) < 4.78 is 0. The van der Waals surface area contributed by atoms with Crippen LogP contribution in [-0.2, 0) is 4.79 Å². The summed E-state index contributed by atoms with van der Waals surface area (Å²) in [6.07, 6.45) is 4.96. The van der Waals surface area contributed by atoms with E-state index in [4.69, 9.17) is 5.26 Å². The minimum Gasteiger partial charge on any atom is -0.326 e. The molecule has 2 unspecified atom stereocenters. The number of rotatable bonds is 2. The van der Waals surface area contributed by atoms with Gasteiger partial charge >= 0.3 is 0 Å². The number of nitrogens with one attached hydrogen (secondary N) is 1. The largest absolute Gasteiger partial charge is 0.326 e. The summed E-state index contributed by atoms with van der Waals surface area (Å²) in [5.41, 5.74) is 2.39. The van der Waals surface area contributed by atoms with E-state index in [0.717, 1.165) is 11.3 Å². The van der Waals surface area contributed by atoms with Crippen molar-refractivity contribution in [2.75, 3.05) is 5.32 Å². The highest BCUT2D eigenvalue weighted by molar-refractivity contribution is 5.95. The fourth-order valence-electron chi connectivity index (χ4n) is 3.42. The van der Waals surface area contributed by atoms with Crippen LogP contribution in [0.3, 0.4) is 0 Å². The highest BCUT2D eigenvalue weighted by atomic mass is 16.2. The first-order valence-corrected chi connectivity index (χ1v) is 7.02. The predicted octanol–water partition coefficient (Wildman–Crippen LogP) is 3.24. The molecule has 1 N–H and O–H groups in total. The van der Waals surface area contributed by atoms with Gasteiger partial charge in [0.2, 0.25) is 5.91 Å². The maximum absolute atomic E-state index is 12.3. The highest BCUT2D eigenvalue weighted by Gasteiger charge is 2.54. The number of nitrogens with zero attached hydrogens (tertiary/aromatic N) is 1. The third-order valence-corrected chi connectivity index (χ3v) is 4.58. The van der Waals surface area contributed by atoms with E-state index >= 15 is 0 Å². The number of nitriles is 1. The van der Waals surface area contributed by atoms with Crippen LogP contribution in [0.2, 0.25) is 0 Å². The molecule has 3 heteroatoms. The van der Waals surface area contributed by atoms with Crippen LogP contribution in [-0.4, -0.2) is 5.91 Å². The Morgan fingerprint density at radius 2 is 2.00 bits per heavy atom. The Labute approximate surface area is 113 Å². The molecule has 98 valence electrons. The maximum atomic E-state index is 12.3. The molecule has 2 fully saturated rings. The van der Waals surface area contributed by atoms with Crippen LogP contribution in [0, 0.1) is 36.0 Å². The minimum absolute atomic E-state index is 0.148. The number of amides is 1. The van der Waals surface area contributed by atoms with Crippen molar-refractivity contribution in [2.45, 2.75) is 32.6 Å². The lowest BCUT2D eigenvalue weighted by Gasteiger charge is -2.08. The summed E-state index contributed by atoms with van der Waals surface area (Å²) in [6.45, 7) is 1.96. The Bertz CT molecular complexity index is 546. The van der Waals surface area contributed by atoms with E-state index in [1.807, 2.05) is 13.0 Å². The summed E-state index contributed by atoms with van der Waals surface area (Å²) in [7, 11) is 0. The summed E-state index contributed by atoms with van der Waals surface area (Å²) in [5, 5.41) is 11.9. The monoisotopic (exact) mass is 254 g/mol. The van der Waals surface area contributed by atoms with Gasteiger partial charge in [0.05, 0.1) is 11.6 Å². The van der Waals surface area contributed by atoms with Gasteiger partial charge in [0.25, 0.3) is 0 Å². The molecular weight excluding hydrogens is 236 g/mol. The van der Waals surface area contributed by atoms with Crippen LogP contribution < -0.4 is 5.32 Å². The average molecular weight is 254 g/mol. The van der Waals surface area contributed by atoms with Gasteiger partial charge in [-0.15, -0.1) is 0 Å².